The molecule has 6 nitrogen and oxygen atoms in total. The standard InChI is InChI=1S/C5H10O6P2S/c6-12-8-1-5(2-9-12)3-10-13(14-7)11-4-5/h6-7H,1-4H2. The van der Waals surface area contributed by atoms with Crippen LogP contribution >= 0.6 is 27.8 Å². The summed E-state index contributed by atoms with van der Waals surface area (Å²) in [5, 5.41) is 0. The van der Waals surface area contributed by atoms with E-state index in [2.05, 4.69) is 0 Å². The Bertz CT molecular complexity index is 189. The van der Waals surface area contributed by atoms with Gasteiger partial charge in [-0.3, -0.25) is 0 Å². The molecule has 0 unspecified atom stereocenters. The summed E-state index contributed by atoms with van der Waals surface area (Å²) in [6, 6.07) is 0. The van der Waals surface area contributed by atoms with Gasteiger partial charge in [-0.25, -0.2) is 0 Å². The molecule has 0 aromatic rings. The Balaban J connectivity index is 1.86. The van der Waals surface area contributed by atoms with E-state index in [1.165, 1.54) is 0 Å². The summed E-state index contributed by atoms with van der Waals surface area (Å²) < 4.78 is 29.3. The van der Waals surface area contributed by atoms with Crippen molar-refractivity contribution >= 4 is 27.8 Å². The molecule has 2 N–H and O–H groups in total. The largest absolute Gasteiger partial charge is 0.329 e. The molecule has 0 saturated carbocycles. The monoisotopic (exact) mass is 260 g/mol. The maximum Gasteiger partial charge on any atom is 0.329 e. The van der Waals surface area contributed by atoms with Crippen LogP contribution in [-0.2, 0) is 18.1 Å². The summed E-state index contributed by atoms with van der Waals surface area (Å²) in [4.78, 5) is 9.02. The second-order valence-electron chi connectivity index (χ2n) is 3.14. The fourth-order valence-corrected chi connectivity index (χ4v) is 3.50. The Morgan fingerprint density at radius 2 is 1.50 bits per heavy atom. The first-order valence-electron chi connectivity index (χ1n) is 3.86. The molecule has 0 atom stereocenters. The third kappa shape index (κ3) is 2.55. The van der Waals surface area contributed by atoms with Gasteiger partial charge >= 0.3 is 8.60 Å². The van der Waals surface area contributed by atoms with Crippen LogP contribution in [-0.4, -0.2) is 35.9 Å². The molecule has 0 aromatic heterocycles. The van der Waals surface area contributed by atoms with Gasteiger partial charge in [-0.2, -0.15) is 0 Å². The first-order valence-corrected chi connectivity index (χ1v) is 7.55. The molecule has 0 aromatic carbocycles. The van der Waals surface area contributed by atoms with Crippen LogP contribution in [0, 0.1) is 5.41 Å². The van der Waals surface area contributed by atoms with E-state index in [-0.39, 0.29) is 5.41 Å². The third-order valence-electron chi connectivity index (χ3n) is 1.98. The quantitative estimate of drug-likeness (QED) is 0.549. The summed E-state index contributed by atoms with van der Waals surface area (Å²) in [6.45, 7) is 1.59. The SMILES string of the molecule is OSP1OCC2(COP(O)OC2)CO1. The molecule has 14 heavy (non-hydrogen) atoms. The highest BCUT2D eigenvalue weighted by atomic mass is 32.7. The van der Waals surface area contributed by atoms with Crippen molar-refractivity contribution in [2.75, 3.05) is 26.4 Å². The van der Waals surface area contributed by atoms with Gasteiger partial charge in [-0.15, -0.1) is 0 Å². The molecule has 9 heteroatoms. The van der Waals surface area contributed by atoms with E-state index >= 15 is 0 Å². The number of hydrogen-bond acceptors (Lipinski definition) is 7. The molecule has 82 valence electrons. The Morgan fingerprint density at radius 3 is 2.00 bits per heavy atom. The summed E-state index contributed by atoms with van der Waals surface area (Å²) in [6.07, 6.45) is 0. The predicted octanol–water partition coefficient (Wildman–Crippen LogP) is 1.72. The number of rotatable bonds is 1. The maximum atomic E-state index is 9.02. The molecule has 2 aliphatic rings. The van der Waals surface area contributed by atoms with Gasteiger partial charge in [0.05, 0.1) is 43.5 Å². The normalized spacial score (nSPS) is 44.1. The average Bonchev–Trinajstić information content (AvgIpc) is 2.24. The first-order chi connectivity index (χ1) is 6.74. The highest BCUT2D eigenvalue weighted by Crippen LogP contribution is 2.56. The van der Waals surface area contributed by atoms with E-state index in [9.17, 15) is 0 Å². The summed E-state index contributed by atoms with van der Waals surface area (Å²) in [5.74, 6) is 0. The van der Waals surface area contributed by atoms with E-state index in [1.807, 2.05) is 0 Å². The second kappa shape index (κ2) is 4.87. The van der Waals surface area contributed by atoms with Crippen LogP contribution in [0.1, 0.15) is 0 Å². The molecular weight excluding hydrogens is 250 g/mol. The van der Waals surface area contributed by atoms with Crippen LogP contribution in [0.4, 0.5) is 0 Å². The molecular formula is C5H10O6P2S. The van der Waals surface area contributed by atoms with Crippen LogP contribution < -0.4 is 0 Å². The molecule has 2 fully saturated rings. The Labute approximate surface area is 87.7 Å². The molecule has 0 aliphatic carbocycles. The smallest absolute Gasteiger partial charge is 0.328 e. The molecule has 0 radical (unpaired) electrons. The zero-order chi connectivity index (χ0) is 10.0. The molecule has 0 bridgehead atoms. The summed E-state index contributed by atoms with van der Waals surface area (Å²) in [7, 11) is -2.95. The van der Waals surface area contributed by atoms with E-state index in [4.69, 9.17) is 27.5 Å². The van der Waals surface area contributed by atoms with E-state index in [0.717, 1.165) is 0 Å². The van der Waals surface area contributed by atoms with Crippen molar-refractivity contribution in [3.8, 4) is 0 Å². The Morgan fingerprint density at radius 1 is 1.00 bits per heavy atom. The lowest BCUT2D eigenvalue weighted by atomic mass is 9.93. The maximum absolute atomic E-state index is 9.02. The minimum absolute atomic E-state index is 0.323. The van der Waals surface area contributed by atoms with Gasteiger partial charge in [-0.1, -0.05) is 0 Å². The van der Waals surface area contributed by atoms with Crippen LogP contribution in [0.3, 0.4) is 0 Å². The fourth-order valence-electron chi connectivity index (χ4n) is 1.14. The van der Waals surface area contributed by atoms with E-state index in [0.29, 0.717) is 38.1 Å². The van der Waals surface area contributed by atoms with Crippen LogP contribution in [0.15, 0.2) is 0 Å². The lowest BCUT2D eigenvalue weighted by Gasteiger charge is -2.40. The van der Waals surface area contributed by atoms with Crippen molar-refractivity contribution in [2.24, 2.45) is 5.41 Å². The van der Waals surface area contributed by atoms with Crippen LogP contribution in [0.5, 0.6) is 0 Å². The van der Waals surface area contributed by atoms with E-state index in [1.54, 1.807) is 0 Å². The summed E-state index contributed by atoms with van der Waals surface area (Å²) >= 11 is 0.587. The van der Waals surface area contributed by atoms with Crippen LogP contribution in [0.2, 0.25) is 0 Å². The molecule has 2 aliphatic heterocycles. The minimum Gasteiger partial charge on any atom is -0.328 e. The van der Waals surface area contributed by atoms with Gasteiger partial charge in [0.1, 0.15) is 0 Å². The molecule has 2 heterocycles. The zero-order valence-electron chi connectivity index (χ0n) is 7.16. The van der Waals surface area contributed by atoms with Crippen molar-refractivity contribution in [1.29, 1.82) is 0 Å². The molecule has 0 amide bonds. The second-order valence-corrected chi connectivity index (χ2v) is 6.64. The van der Waals surface area contributed by atoms with E-state index < -0.39 is 16.2 Å². The topological polar surface area (TPSA) is 77.4 Å². The van der Waals surface area contributed by atoms with Gasteiger partial charge < -0.3 is 27.5 Å². The van der Waals surface area contributed by atoms with Crippen molar-refractivity contribution in [1.82, 2.24) is 0 Å². The fraction of sp³-hybridized carbons (Fsp3) is 1.00. The van der Waals surface area contributed by atoms with Gasteiger partial charge in [0.15, 0.2) is 0 Å². The van der Waals surface area contributed by atoms with Gasteiger partial charge in [0, 0.05) is 0 Å². The minimum atomic E-state index is -1.72. The van der Waals surface area contributed by atoms with Gasteiger partial charge in [0.2, 0.25) is 0 Å². The molecule has 2 saturated heterocycles. The van der Waals surface area contributed by atoms with Gasteiger partial charge in [-0.05, 0) is 0 Å². The molecule has 2 rings (SSSR count). The number of hydrogen-bond donors (Lipinski definition) is 2. The highest BCUT2D eigenvalue weighted by Gasteiger charge is 2.42. The Hall–Kier alpha value is 0.970. The molecule has 1 spiro atoms. The zero-order valence-corrected chi connectivity index (χ0v) is 9.76. The predicted molar refractivity (Wildman–Crippen MR) is 52.5 cm³/mol. The first kappa shape index (κ1) is 11.5. The average molecular weight is 260 g/mol. The highest BCUT2D eigenvalue weighted by molar-refractivity contribution is 8.49. The Kier molecular flexibility index (Phi) is 3.98. The van der Waals surface area contributed by atoms with Gasteiger partial charge in [0.25, 0.3) is 7.58 Å². The van der Waals surface area contributed by atoms with Crippen LogP contribution in [0.25, 0.3) is 0 Å². The lowest BCUT2D eigenvalue weighted by Crippen LogP contribution is -2.44. The summed E-state index contributed by atoms with van der Waals surface area (Å²) in [5.41, 5.74) is -0.323. The van der Waals surface area contributed by atoms with Crippen molar-refractivity contribution in [2.45, 2.75) is 0 Å². The van der Waals surface area contributed by atoms with Crippen molar-refractivity contribution in [3.05, 3.63) is 0 Å². The lowest BCUT2D eigenvalue weighted by molar-refractivity contribution is -0.0591. The third-order valence-corrected chi connectivity index (χ3v) is 4.53. The van der Waals surface area contributed by atoms with Crippen molar-refractivity contribution in [3.63, 3.8) is 0 Å². The van der Waals surface area contributed by atoms with Crippen molar-refractivity contribution < 1.29 is 27.5 Å².